The quantitative estimate of drug-likeness (QED) is 0.465. The third-order valence-electron chi connectivity index (χ3n) is 7.80. The number of hydrogen-bond acceptors (Lipinski definition) is 8. The SMILES string of the molecule is CCS(=O)(=O)N1CCC(Nc2nc(NC3CCC(N)CC3)nc3c2ncn3C2CCCC2)CC1.Cl.Cl. The number of nitrogens with one attached hydrogen (secondary N) is 2. The van der Waals surface area contributed by atoms with Crippen molar-refractivity contribution in [1.82, 2.24) is 23.8 Å². The van der Waals surface area contributed by atoms with Gasteiger partial charge in [0, 0.05) is 37.3 Å². The number of piperidine rings is 1. The van der Waals surface area contributed by atoms with Gasteiger partial charge in [0.25, 0.3) is 0 Å². The van der Waals surface area contributed by atoms with E-state index < -0.39 is 10.0 Å². The van der Waals surface area contributed by atoms with Gasteiger partial charge in [-0.15, -0.1) is 24.8 Å². The fourth-order valence-corrected chi connectivity index (χ4v) is 6.76. The fourth-order valence-electron chi connectivity index (χ4n) is 5.63. The zero-order chi connectivity index (χ0) is 23.7. The molecule has 204 valence electrons. The van der Waals surface area contributed by atoms with Crippen LogP contribution in [0.4, 0.5) is 11.8 Å². The van der Waals surface area contributed by atoms with E-state index in [0.717, 1.165) is 68.3 Å². The molecule has 10 nitrogen and oxygen atoms in total. The summed E-state index contributed by atoms with van der Waals surface area (Å²) in [6.07, 6.45) is 12.3. The van der Waals surface area contributed by atoms with Crippen molar-refractivity contribution >= 4 is 57.8 Å². The van der Waals surface area contributed by atoms with E-state index in [1.165, 1.54) is 12.8 Å². The van der Waals surface area contributed by atoms with Gasteiger partial charge in [-0.25, -0.2) is 17.7 Å². The first kappa shape index (κ1) is 29.2. The highest BCUT2D eigenvalue weighted by Crippen LogP contribution is 2.34. The molecule has 2 aromatic rings. The molecule has 0 bridgehead atoms. The summed E-state index contributed by atoms with van der Waals surface area (Å²) in [6, 6.07) is 1.22. The number of nitrogens with two attached hydrogens (primary N) is 1. The summed E-state index contributed by atoms with van der Waals surface area (Å²) in [5.74, 6) is 1.53. The van der Waals surface area contributed by atoms with E-state index in [-0.39, 0.29) is 36.6 Å². The van der Waals surface area contributed by atoms with Crippen molar-refractivity contribution in [2.24, 2.45) is 5.73 Å². The summed E-state index contributed by atoms with van der Waals surface area (Å²) in [4.78, 5) is 14.5. The van der Waals surface area contributed by atoms with Crippen molar-refractivity contribution in [1.29, 1.82) is 0 Å². The third-order valence-corrected chi connectivity index (χ3v) is 9.68. The second-order valence-electron chi connectivity index (χ2n) is 10.1. The Labute approximate surface area is 226 Å². The van der Waals surface area contributed by atoms with Crippen LogP contribution < -0.4 is 16.4 Å². The first-order valence-corrected chi connectivity index (χ1v) is 14.5. The second kappa shape index (κ2) is 12.4. The number of imidazole rings is 1. The van der Waals surface area contributed by atoms with E-state index in [9.17, 15) is 8.42 Å². The van der Waals surface area contributed by atoms with Crippen LogP contribution >= 0.6 is 24.8 Å². The average Bonchev–Trinajstić information content (AvgIpc) is 3.51. The summed E-state index contributed by atoms with van der Waals surface area (Å²) < 4.78 is 28.3. The molecule has 1 aliphatic heterocycles. The van der Waals surface area contributed by atoms with Crippen LogP contribution in [0, 0.1) is 0 Å². The molecule has 0 atom stereocenters. The molecule has 1 saturated heterocycles. The Bertz CT molecular complexity index is 1090. The van der Waals surface area contributed by atoms with Crippen LogP contribution in [-0.4, -0.2) is 69.2 Å². The van der Waals surface area contributed by atoms with Crippen LogP contribution in [-0.2, 0) is 10.0 Å². The molecule has 0 spiro atoms. The summed E-state index contributed by atoms with van der Waals surface area (Å²) in [7, 11) is -3.14. The molecule has 0 unspecified atom stereocenters. The van der Waals surface area contributed by atoms with Crippen molar-refractivity contribution < 1.29 is 8.42 Å². The van der Waals surface area contributed by atoms with E-state index >= 15 is 0 Å². The molecule has 36 heavy (non-hydrogen) atoms. The Morgan fingerprint density at radius 1 is 0.944 bits per heavy atom. The number of anilines is 2. The van der Waals surface area contributed by atoms with Crippen LogP contribution in [0.25, 0.3) is 11.2 Å². The number of fused-ring (bicyclic) bond motifs is 1. The molecule has 2 saturated carbocycles. The van der Waals surface area contributed by atoms with Crippen LogP contribution in [0.2, 0.25) is 0 Å². The third kappa shape index (κ3) is 6.35. The van der Waals surface area contributed by atoms with Gasteiger partial charge < -0.3 is 20.9 Å². The molecule has 2 aliphatic carbocycles. The molecular weight excluding hydrogens is 523 g/mol. The number of aromatic nitrogens is 4. The number of rotatable bonds is 7. The van der Waals surface area contributed by atoms with Gasteiger partial charge in [-0.05, 0) is 58.3 Å². The van der Waals surface area contributed by atoms with Gasteiger partial charge in [0.2, 0.25) is 16.0 Å². The van der Waals surface area contributed by atoms with Gasteiger partial charge >= 0.3 is 0 Å². The predicted octanol–water partition coefficient (Wildman–Crippen LogP) is 3.69. The molecule has 0 aromatic carbocycles. The molecule has 2 aromatic heterocycles. The Balaban J connectivity index is 0.00000180. The summed E-state index contributed by atoms with van der Waals surface area (Å²) in [5.41, 5.74) is 7.77. The smallest absolute Gasteiger partial charge is 0.227 e. The minimum atomic E-state index is -3.14. The topological polar surface area (TPSA) is 131 Å². The lowest BCUT2D eigenvalue weighted by Gasteiger charge is -2.31. The molecular formula is C23H40Cl2N8O2S. The van der Waals surface area contributed by atoms with Crippen molar-refractivity contribution in [3.8, 4) is 0 Å². The maximum Gasteiger partial charge on any atom is 0.227 e. The lowest BCUT2D eigenvalue weighted by molar-refractivity contribution is 0.330. The second-order valence-corrected chi connectivity index (χ2v) is 12.4. The number of halogens is 2. The predicted molar refractivity (Wildman–Crippen MR) is 149 cm³/mol. The normalized spacial score (nSPS) is 24.3. The molecule has 3 heterocycles. The van der Waals surface area contributed by atoms with Crippen LogP contribution in [0.1, 0.15) is 77.2 Å². The lowest BCUT2D eigenvalue weighted by Crippen LogP contribution is -2.43. The monoisotopic (exact) mass is 562 g/mol. The van der Waals surface area contributed by atoms with Crippen molar-refractivity contribution in [2.75, 3.05) is 29.5 Å². The highest BCUT2D eigenvalue weighted by molar-refractivity contribution is 7.89. The Kier molecular flexibility index (Phi) is 10.1. The van der Waals surface area contributed by atoms with E-state index in [1.807, 2.05) is 6.33 Å². The fraction of sp³-hybridized carbons (Fsp3) is 0.783. The average molecular weight is 564 g/mol. The van der Waals surface area contributed by atoms with Gasteiger partial charge in [0.05, 0.1) is 12.1 Å². The minimum Gasteiger partial charge on any atom is -0.365 e. The Hall–Kier alpha value is -1.40. The number of hydrogen-bond donors (Lipinski definition) is 3. The molecule has 0 radical (unpaired) electrons. The summed E-state index contributed by atoms with van der Waals surface area (Å²) >= 11 is 0. The molecule has 4 N–H and O–H groups in total. The lowest BCUT2D eigenvalue weighted by atomic mass is 9.92. The first-order valence-electron chi connectivity index (χ1n) is 12.9. The summed E-state index contributed by atoms with van der Waals surface area (Å²) in [5, 5.41) is 7.16. The van der Waals surface area contributed by atoms with E-state index in [4.69, 9.17) is 20.7 Å². The van der Waals surface area contributed by atoms with Crippen LogP contribution in [0.5, 0.6) is 0 Å². The Morgan fingerprint density at radius 3 is 2.22 bits per heavy atom. The van der Waals surface area contributed by atoms with Crippen molar-refractivity contribution in [2.45, 2.75) is 95.3 Å². The van der Waals surface area contributed by atoms with Crippen molar-refractivity contribution in [3.63, 3.8) is 0 Å². The molecule has 3 fully saturated rings. The number of sulfonamides is 1. The minimum absolute atomic E-state index is 0. The highest BCUT2D eigenvalue weighted by Gasteiger charge is 2.29. The van der Waals surface area contributed by atoms with Gasteiger partial charge in [-0.2, -0.15) is 9.97 Å². The van der Waals surface area contributed by atoms with Crippen molar-refractivity contribution in [3.05, 3.63) is 6.33 Å². The largest absolute Gasteiger partial charge is 0.365 e. The Morgan fingerprint density at radius 2 is 1.58 bits per heavy atom. The van der Waals surface area contributed by atoms with E-state index in [2.05, 4.69) is 15.2 Å². The first-order chi connectivity index (χ1) is 16.4. The molecule has 0 amide bonds. The van der Waals surface area contributed by atoms with Crippen LogP contribution in [0.15, 0.2) is 6.33 Å². The summed E-state index contributed by atoms with van der Waals surface area (Å²) in [6.45, 7) is 2.77. The highest BCUT2D eigenvalue weighted by atomic mass is 35.5. The molecule has 5 rings (SSSR count). The maximum atomic E-state index is 12.2. The molecule has 13 heteroatoms. The van der Waals surface area contributed by atoms with Gasteiger partial charge in [0.15, 0.2) is 17.0 Å². The maximum absolute atomic E-state index is 12.2. The van der Waals surface area contributed by atoms with Gasteiger partial charge in [0.1, 0.15) is 0 Å². The number of nitrogens with zero attached hydrogens (tertiary/aromatic N) is 5. The zero-order valence-corrected chi connectivity index (χ0v) is 23.4. The standard InChI is InChI=1S/C23H38N8O2S.2ClH/c1-2-34(32,33)30-13-11-18(12-14-30)26-21-20-22(31(15-25-20)19-5-3-4-6-19)29-23(28-21)27-17-9-7-16(24)8-10-17;;/h15-19H,2-14,24H2,1H3,(H2,26,27,28,29);2*1H. The van der Waals surface area contributed by atoms with Crippen LogP contribution in [0.3, 0.4) is 0 Å². The zero-order valence-electron chi connectivity index (χ0n) is 20.9. The van der Waals surface area contributed by atoms with Gasteiger partial charge in [-0.3, -0.25) is 0 Å². The molecule has 3 aliphatic rings. The van der Waals surface area contributed by atoms with E-state index in [0.29, 0.717) is 37.2 Å². The van der Waals surface area contributed by atoms with E-state index in [1.54, 1.807) is 11.2 Å². The van der Waals surface area contributed by atoms with Gasteiger partial charge in [-0.1, -0.05) is 12.8 Å².